The summed E-state index contributed by atoms with van der Waals surface area (Å²) in [6.45, 7) is 4.49. The van der Waals surface area contributed by atoms with Gasteiger partial charge < -0.3 is 10.1 Å². The molecule has 1 atom stereocenters. The maximum Gasteiger partial charge on any atom is 0.251 e. The average Bonchev–Trinajstić information content (AvgIpc) is 2.68. The molecule has 0 aliphatic rings. The molecule has 0 saturated heterocycles. The molecule has 27 heavy (non-hydrogen) atoms. The predicted octanol–water partition coefficient (Wildman–Crippen LogP) is 2.66. The van der Waals surface area contributed by atoms with Crippen LogP contribution in [0, 0.1) is 0 Å². The van der Waals surface area contributed by atoms with Gasteiger partial charge in [0.1, 0.15) is 0 Å². The highest BCUT2D eigenvalue weighted by Gasteiger charge is 2.15. The third-order valence-corrected chi connectivity index (χ3v) is 5.74. The second-order valence-electron chi connectivity index (χ2n) is 6.21. The number of methoxy groups -OCH3 is 1. The highest BCUT2D eigenvalue weighted by atomic mass is 32.2. The van der Waals surface area contributed by atoms with Crippen molar-refractivity contribution in [1.82, 2.24) is 10.0 Å². The second kappa shape index (κ2) is 9.64. The second-order valence-corrected chi connectivity index (χ2v) is 7.97. The Kier molecular flexibility index (Phi) is 7.53. The van der Waals surface area contributed by atoms with Crippen LogP contribution in [0.4, 0.5) is 0 Å². The quantitative estimate of drug-likeness (QED) is 0.645. The average molecular weight is 391 g/mol. The van der Waals surface area contributed by atoms with Gasteiger partial charge in [0, 0.05) is 19.2 Å². The van der Waals surface area contributed by atoms with Gasteiger partial charge in [0.15, 0.2) is 0 Å². The lowest BCUT2D eigenvalue weighted by Gasteiger charge is -2.15. The predicted molar refractivity (Wildman–Crippen MR) is 105 cm³/mol. The minimum atomic E-state index is -3.61. The van der Waals surface area contributed by atoms with Crippen molar-refractivity contribution in [2.24, 2.45) is 0 Å². The summed E-state index contributed by atoms with van der Waals surface area (Å²) in [7, 11) is -2.11. The number of carbonyl (C=O) groups is 1. The Hall–Kier alpha value is -2.22. The molecule has 146 valence electrons. The van der Waals surface area contributed by atoms with Gasteiger partial charge in [-0.15, -0.1) is 0 Å². The summed E-state index contributed by atoms with van der Waals surface area (Å²) in [4.78, 5) is 12.5. The van der Waals surface area contributed by atoms with E-state index in [1.165, 1.54) is 36.9 Å². The molecular formula is C20H26N2O4S. The monoisotopic (exact) mass is 390 g/mol. The molecule has 2 rings (SSSR count). The summed E-state index contributed by atoms with van der Waals surface area (Å²) >= 11 is 0. The van der Waals surface area contributed by atoms with Crippen molar-refractivity contribution in [3.05, 3.63) is 65.2 Å². The zero-order chi connectivity index (χ0) is 19.9. The number of hydrogen-bond acceptors (Lipinski definition) is 4. The van der Waals surface area contributed by atoms with Crippen molar-refractivity contribution >= 4 is 15.9 Å². The summed E-state index contributed by atoms with van der Waals surface area (Å²) < 4.78 is 31.5. The van der Waals surface area contributed by atoms with Crippen molar-refractivity contribution in [2.75, 3.05) is 20.3 Å². The highest BCUT2D eigenvalue weighted by Crippen LogP contribution is 2.16. The van der Waals surface area contributed by atoms with Crippen molar-refractivity contribution in [1.29, 1.82) is 0 Å². The molecule has 0 spiro atoms. The molecule has 2 N–H and O–H groups in total. The Morgan fingerprint density at radius 2 is 1.70 bits per heavy atom. The topological polar surface area (TPSA) is 84.5 Å². The lowest BCUT2D eigenvalue weighted by Crippen LogP contribution is -2.28. The number of ether oxygens (including phenoxy) is 1. The van der Waals surface area contributed by atoms with Crippen LogP contribution in [0.25, 0.3) is 0 Å². The molecule has 0 heterocycles. The van der Waals surface area contributed by atoms with Gasteiger partial charge in [0.25, 0.3) is 5.91 Å². The number of aryl methyl sites for hydroxylation is 1. The molecule has 0 saturated carbocycles. The molecule has 7 heteroatoms. The van der Waals surface area contributed by atoms with Gasteiger partial charge in [0.2, 0.25) is 10.0 Å². The number of rotatable bonds is 9. The van der Waals surface area contributed by atoms with Gasteiger partial charge in [-0.3, -0.25) is 4.79 Å². The zero-order valence-electron chi connectivity index (χ0n) is 15.9. The van der Waals surface area contributed by atoms with E-state index in [4.69, 9.17) is 4.74 Å². The van der Waals surface area contributed by atoms with Gasteiger partial charge in [0.05, 0.1) is 17.5 Å². The maximum atomic E-state index is 12.4. The summed E-state index contributed by atoms with van der Waals surface area (Å²) in [6, 6.07) is 13.8. The summed E-state index contributed by atoms with van der Waals surface area (Å²) in [5, 5.41) is 2.93. The van der Waals surface area contributed by atoms with E-state index < -0.39 is 10.0 Å². The fourth-order valence-corrected chi connectivity index (χ4v) is 3.57. The van der Waals surface area contributed by atoms with E-state index in [9.17, 15) is 13.2 Å². The Labute approximate surface area is 161 Å². The zero-order valence-corrected chi connectivity index (χ0v) is 16.7. The number of benzene rings is 2. The van der Waals surface area contributed by atoms with Gasteiger partial charge >= 0.3 is 0 Å². The Morgan fingerprint density at radius 3 is 2.26 bits per heavy atom. The fourth-order valence-electron chi connectivity index (χ4n) is 2.55. The smallest absolute Gasteiger partial charge is 0.251 e. The molecule has 0 radical (unpaired) electrons. The minimum Gasteiger partial charge on any atom is -0.383 e. The number of nitrogens with one attached hydrogen (secondary N) is 2. The van der Waals surface area contributed by atoms with E-state index in [-0.39, 0.29) is 30.0 Å². The van der Waals surface area contributed by atoms with E-state index in [1.54, 1.807) is 0 Å². The van der Waals surface area contributed by atoms with Crippen LogP contribution in [0.3, 0.4) is 0 Å². The first-order valence-electron chi connectivity index (χ1n) is 8.85. The van der Waals surface area contributed by atoms with Crippen LogP contribution < -0.4 is 10.0 Å². The third-order valence-electron chi connectivity index (χ3n) is 4.26. The van der Waals surface area contributed by atoms with Crippen LogP contribution in [0.5, 0.6) is 0 Å². The normalized spacial score (nSPS) is 12.6. The van der Waals surface area contributed by atoms with Crippen LogP contribution in [-0.4, -0.2) is 34.6 Å². The maximum absolute atomic E-state index is 12.4. The SMILES string of the molecule is CCc1ccc(C(C)NC(=O)c2ccc(S(=O)(=O)NCCOC)cc2)cc1. The van der Waals surface area contributed by atoms with E-state index in [0.29, 0.717) is 5.56 Å². The minimum absolute atomic E-state index is 0.110. The standard InChI is InChI=1S/C20H26N2O4S/c1-4-16-5-7-17(8-6-16)15(2)22-20(23)18-9-11-19(12-10-18)27(24,25)21-13-14-26-3/h5-12,15,21H,4,13-14H2,1-3H3,(H,22,23). The van der Waals surface area contributed by atoms with E-state index in [0.717, 1.165) is 12.0 Å². The lowest BCUT2D eigenvalue weighted by atomic mass is 10.0. The van der Waals surface area contributed by atoms with Gasteiger partial charge in [-0.05, 0) is 48.7 Å². The fraction of sp³-hybridized carbons (Fsp3) is 0.350. The van der Waals surface area contributed by atoms with Crippen molar-refractivity contribution in [3.63, 3.8) is 0 Å². The first-order chi connectivity index (χ1) is 12.9. The lowest BCUT2D eigenvalue weighted by molar-refractivity contribution is 0.0940. The van der Waals surface area contributed by atoms with Crippen LogP contribution >= 0.6 is 0 Å². The van der Waals surface area contributed by atoms with E-state index in [1.807, 2.05) is 31.2 Å². The molecule has 0 aromatic heterocycles. The molecule has 0 fully saturated rings. The molecule has 1 amide bonds. The molecule has 2 aromatic carbocycles. The third kappa shape index (κ3) is 5.89. The Balaban J connectivity index is 2.02. The van der Waals surface area contributed by atoms with Crippen molar-refractivity contribution < 1.29 is 17.9 Å². The Bertz CT molecular complexity index is 847. The largest absolute Gasteiger partial charge is 0.383 e. The van der Waals surface area contributed by atoms with Crippen LogP contribution in [-0.2, 0) is 21.2 Å². The van der Waals surface area contributed by atoms with Crippen molar-refractivity contribution in [2.45, 2.75) is 31.2 Å². The number of sulfonamides is 1. The van der Waals surface area contributed by atoms with Crippen LogP contribution in [0.1, 0.15) is 41.4 Å². The molecular weight excluding hydrogens is 364 g/mol. The molecule has 1 unspecified atom stereocenters. The van der Waals surface area contributed by atoms with Gasteiger partial charge in [-0.2, -0.15) is 0 Å². The molecule has 6 nitrogen and oxygen atoms in total. The molecule has 0 aliphatic heterocycles. The molecule has 0 bridgehead atoms. The van der Waals surface area contributed by atoms with Crippen LogP contribution in [0.15, 0.2) is 53.4 Å². The Morgan fingerprint density at radius 1 is 1.07 bits per heavy atom. The summed E-state index contributed by atoms with van der Waals surface area (Å²) in [6.07, 6.45) is 0.969. The van der Waals surface area contributed by atoms with E-state index >= 15 is 0 Å². The van der Waals surface area contributed by atoms with Gasteiger partial charge in [-0.1, -0.05) is 31.2 Å². The summed E-state index contributed by atoms with van der Waals surface area (Å²) in [5.74, 6) is -0.252. The first kappa shape index (κ1) is 21.1. The number of amides is 1. The van der Waals surface area contributed by atoms with Crippen LogP contribution in [0.2, 0.25) is 0 Å². The summed E-state index contributed by atoms with van der Waals surface area (Å²) in [5.41, 5.74) is 2.66. The number of hydrogen-bond donors (Lipinski definition) is 2. The van der Waals surface area contributed by atoms with Gasteiger partial charge in [-0.25, -0.2) is 13.1 Å². The molecule has 0 aliphatic carbocycles. The van der Waals surface area contributed by atoms with Crippen molar-refractivity contribution in [3.8, 4) is 0 Å². The number of carbonyl (C=O) groups excluding carboxylic acids is 1. The van der Waals surface area contributed by atoms with E-state index in [2.05, 4.69) is 17.0 Å². The highest BCUT2D eigenvalue weighted by molar-refractivity contribution is 7.89. The molecule has 2 aromatic rings. The first-order valence-corrected chi connectivity index (χ1v) is 10.3.